The van der Waals surface area contributed by atoms with Crippen LogP contribution in [0.15, 0.2) is 59.6 Å². The van der Waals surface area contributed by atoms with Crippen LogP contribution in [-0.2, 0) is 0 Å². The second kappa shape index (κ2) is 4.45. The van der Waals surface area contributed by atoms with Gasteiger partial charge in [0.2, 0.25) is 0 Å². The molecule has 2 aromatic rings. The zero-order valence-electron chi connectivity index (χ0n) is 8.28. The van der Waals surface area contributed by atoms with Gasteiger partial charge in [0.05, 0.1) is 0 Å². The van der Waals surface area contributed by atoms with Gasteiger partial charge in [0.25, 0.3) is 0 Å². The summed E-state index contributed by atoms with van der Waals surface area (Å²) in [4.78, 5) is 0. The number of hydrogen-bond donors (Lipinski definition) is 0. The van der Waals surface area contributed by atoms with Gasteiger partial charge in [-0.2, -0.15) is 0 Å². The minimum atomic E-state index is 1.08. The van der Waals surface area contributed by atoms with Crippen molar-refractivity contribution < 1.29 is 0 Å². The standard InChI is InChI=1S/C14H11Br/c1-2-12-13(9-6-10-14(12)15)11-7-4-3-5-8-11/h2-10H,1H2. The molecule has 0 atom stereocenters. The molecule has 2 aromatic carbocycles. The van der Waals surface area contributed by atoms with E-state index in [0.717, 1.165) is 10.0 Å². The Morgan fingerprint density at radius 2 is 1.67 bits per heavy atom. The van der Waals surface area contributed by atoms with Gasteiger partial charge in [-0.25, -0.2) is 0 Å². The first-order valence-corrected chi connectivity index (χ1v) is 5.58. The number of hydrogen-bond acceptors (Lipinski definition) is 0. The summed E-state index contributed by atoms with van der Waals surface area (Å²) >= 11 is 3.53. The molecule has 0 heterocycles. The van der Waals surface area contributed by atoms with Gasteiger partial charge in [0.1, 0.15) is 0 Å². The average molecular weight is 259 g/mol. The van der Waals surface area contributed by atoms with Gasteiger partial charge >= 0.3 is 0 Å². The fraction of sp³-hybridized carbons (Fsp3) is 0. The Labute approximate surface area is 98.4 Å². The maximum Gasteiger partial charge on any atom is 0.0253 e. The molecule has 0 nitrogen and oxygen atoms in total. The summed E-state index contributed by atoms with van der Waals surface area (Å²) in [7, 11) is 0. The van der Waals surface area contributed by atoms with Gasteiger partial charge in [0, 0.05) is 4.47 Å². The van der Waals surface area contributed by atoms with Crippen LogP contribution >= 0.6 is 15.9 Å². The van der Waals surface area contributed by atoms with Crippen LogP contribution in [0.1, 0.15) is 5.56 Å². The highest BCUT2D eigenvalue weighted by molar-refractivity contribution is 9.10. The van der Waals surface area contributed by atoms with Crippen LogP contribution in [0.25, 0.3) is 17.2 Å². The van der Waals surface area contributed by atoms with Gasteiger partial charge in [0.15, 0.2) is 0 Å². The van der Waals surface area contributed by atoms with Crippen LogP contribution in [0.2, 0.25) is 0 Å². The van der Waals surface area contributed by atoms with Crippen molar-refractivity contribution in [2.45, 2.75) is 0 Å². The molecule has 0 saturated carbocycles. The highest BCUT2D eigenvalue weighted by Crippen LogP contribution is 2.29. The summed E-state index contributed by atoms with van der Waals surface area (Å²) < 4.78 is 1.08. The first-order chi connectivity index (χ1) is 7.33. The normalized spacial score (nSPS) is 9.93. The third-order valence-electron chi connectivity index (χ3n) is 2.34. The second-order valence-electron chi connectivity index (χ2n) is 3.27. The Bertz CT molecular complexity index is 472. The van der Waals surface area contributed by atoms with E-state index in [4.69, 9.17) is 0 Å². The highest BCUT2D eigenvalue weighted by Gasteiger charge is 2.04. The monoisotopic (exact) mass is 258 g/mol. The topological polar surface area (TPSA) is 0 Å². The quantitative estimate of drug-likeness (QED) is 0.729. The molecule has 15 heavy (non-hydrogen) atoms. The van der Waals surface area contributed by atoms with Crippen molar-refractivity contribution in [2.24, 2.45) is 0 Å². The Kier molecular flexibility index (Phi) is 3.02. The van der Waals surface area contributed by atoms with Crippen LogP contribution in [0.5, 0.6) is 0 Å². The maximum atomic E-state index is 3.85. The molecule has 0 bridgehead atoms. The summed E-state index contributed by atoms with van der Waals surface area (Å²) in [5, 5.41) is 0. The molecular formula is C14H11Br. The molecule has 0 aliphatic carbocycles. The van der Waals surface area contributed by atoms with Gasteiger partial charge < -0.3 is 0 Å². The van der Waals surface area contributed by atoms with Crippen LogP contribution in [0.3, 0.4) is 0 Å². The van der Waals surface area contributed by atoms with Gasteiger partial charge in [-0.3, -0.25) is 0 Å². The van der Waals surface area contributed by atoms with E-state index in [9.17, 15) is 0 Å². The van der Waals surface area contributed by atoms with Gasteiger partial charge in [-0.05, 0) is 22.8 Å². The first-order valence-electron chi connectivity index (χ1n) is 4.79. The van der Waals surface area contributed by atoms with E-state index in [-0.39, 0.29) is 0 Å². The zero-order valence-corrected chi connectivity index (χ0v) is 9.87. The Morgan fingerprint density at radius 1 is 0.933 bits per heavy atom. The smallest absolute Gasteiger partial charge is 0.0253 e. The maximum absolute atomic E-state index is 3.85. The van der Waals surface area contributed by atoms with Crippen molar-refractivity contribution in [3.05, 3.63) is 65.1 Å². The van der Waals surface area contributed by atoms with Crippen LogP contribution in [0, 0.1) is 0 Å². The van der Waals surface area contributed by atoms with Crippen molar-refractivity contribution in [3.8, 4) is 11.1 Å². The Balaban J connectivity index is 2.63. The van der Waals surface area contributed by atoms with Crippen molar-refractivity contribution in [2.75, 3.05) is 0 Å². The van der Waals surface area contributed by atoms with Crippen LogP contribution in [0.4, 0.5) is 0 Å². The lowest BCUT2D eigenvalue weighted by Crippen LogP contribution is -1.83. The molecule has 0 spiro atoms. The molecule has 0 fully saturated rings. The van der Waals surface area contributed by atoms with E-state index in [1.807, 2.05) is 36.4 Å². The van der Waals surface area contributed by atoms with Gasteiger partial charge in [-0.15, -0.1) is 0 Å². The second-order valence-corrected chi connectivity index (χ2v) is 4.13. The molecule has 0 aliphatic rings. The fourth-order valence-electron chi connectivity index (χ4n) is 1.61. The minimum Gasteiger partial charge on any atom is -0.0984 e. The number of rotatable bonds is 2. The van der Waals surface area contributed by atoms with E-state index in [1.54, 1.807) is 0 Å². The third kappa shape index (κ3) is 2.02. The van der Waals surface area contributed by atoms with Crippen LogP contribution < -0.4 is 0 Å². The summed E-state index contributed by atoms with van der Waals surface area (Å²) in [6, 6.07) is 16.5. The van der Waals surface area contributed by atoms with E-state index >= 15 is 0 Å². The molecule has 2 rings (SSSR count). The summed E-state index contributed by atoms with van der Waals surface area (Å²) in [6.07, 6.45) is 1.88. The van der Waals surface area contributed by atoms with Crippen molar-refractivity contribution in [3.63, 3.8) is 0 Å². The predicted molar refractivity (Wildman–Crippen MR) is 69.7 cm³/mol. The Morgan fingerprint density at radius 3 is 2.33 bits per heavy atom. The molecule has 74 valence electrons. The molecule has 0 aliphatic heterocycles. The van der Waals surface area contributed by atoms with E-state index in [1.165, 1.54) is 11.1 Å². The molecule has 0 radical (unpaired) electrons. The minimum absolute atomic E-state index is 1.08. The van der Waals surface area contributed by atoms with E-state index in [0.29, 0.717) is 0 Å². The molecule has 0 N–H and O–H groups in total. The zero-order chi connectivity index (χ0) is 10.7. The van der Waals surface area contributed by atoms with E-state index in [2.05, 4.69) is 40.7 Å². The fourth-order valence-corrected chi connectivity index (χ4v) is 2.14. The lowest BCUT2D eigenvalue weighted by atomic mass is 10.00. The number of halogens is 1. The summed E-state index contributed by atoms with van der Waals surface area (Å²) in [6.45, 7) is 3.85. The summed E-state index contributed by atoms with van der Waals surface area (Å²) in [5.41, 5.74) is 3.57. The lowest BCUT2D eigenvalue weighted by molar-refractivity contribution is 1.56. The Hall–Kier alpha value is -1.34. The average Bonchev–Trinajstić information content (AvgIpc) is 2.30. The lowest BCUT2D eigenvalue weighted by Gasteiger charge is -2.07. The molecule has 0 saturated heterocycles. The van der Waals surface area contributed by atoms with Crippen molar-refractivity contribution in [1.82, 2.24) is 0 Å². The van der Waals surface area contributed by atoms with Gasteiger partial charge in [-0.1, -0.05) is 71.0 Å². The third-order valence-corrected chi connectivity index (χ3v) is 3.03. The molecule has 0 aromatic heterocycles. The predicted octanol–water partition coefficient (Wildman–Crippen LogP) is 4.76. The van der Waals surface area contributed by atoms with Crippen molar-refractivity contribution in [1.29, 1.82) is 0 Å². The molecule has 0 amide bonds. The van der Waals surface area contributed by atoms with Crippen molar-refractivity contribution >= 4 is 22.0 Å². The number of benzene rings is 2. The largest absolute Gasteiger partial charge is 0.0984 e. The molecular weight excluding hydrogens is 248 g/mol. The summed E-state index contributed by atoms with van der Waals surface area (Å²) in [5.74, 6) is 0. The van der Waals surface area contributed by atoms with Crippen LogP contribution in [-0.4, -0.2) is 0 Å². The molecule has 1 heteroatoms. The SMILES string of the molecule is C=Cc1c(Br)cccc1-c1ccccc1. The van der Waals surface area contributed by atoms with E-state index < -0.39 is 0 Å². The molecule has 0 unspecified atom stereocenters. The first kappa shape index (κ1) is 10.2. The highest BCUT2D eigenvalue weighted by atomic mass is 79.9.